The maximum Gasteiger partial charge on any atom is 0.255 e. The van der Waals surface area contributed by atoms with Gasteiger partial charge in [-0.1, -0.05) is 64.1 Å². The van der Waals surface area contributed by atoms with Gasteiger partial charge in [-0.2, -0.15) is 5.26 Å². The van der Waals surface area contributed by atoms with E-state index in [9.17, 15) is 29.2 Å². The molecule has 4 aromatic rings. The Bertz CT molecular complexity index is 2480. The van der Waals surface area contributed by atoms with Gasteiger partial charge in [-0.25, -0.2) is 0 Å². The van der Waals surface area contributed by atoms with Gasteiger partial charge in [0.05, 0.1) is 23.0 Å². The lowest BCUT2D eigenvalue weighted by Crippen LogP contribution is -2.56. The number of ether oxygens (including phenoxy) is 2. The predicted molar refractivity (Wildman–Crippen MR) is 255 cm³/mol. The van der Waals surface area contributed by atoms with Crippen LogP contribution in [0.15, 0.2) is 66.7 Å². The SMILES string of the molecule is CCc1nc(-c2ccc(C(C)(C)C)cc2)cc(N)c1C(=O)N[C@@H](CCN)C(=O)N(C)[C@@H]1C(=O)N[C@@H](C)C(=O)N[C@H](C(=O)NCC#N)Cc2ccc(OCCN)c(c2)-c2cc1ccc2OCCN. The molecule has 356 valence electrons. The Hall–Kier alpha value is -7.07. The molecule has 1 aliphatic rings. The molecule has 1 aromatic heterocycles. The number of fused-ring (bicyclic) bond motifs is 5. The molecule has 5 rings (SSSR count). The summed E-state index contributed by atoms with van der Waals surface area (Å²) in [5.74, 6) is -2.66. The molecule has 12 N–H and O–H groups in total. The minimum atomic E-state index is -1.42. The summed E-state index contributed by atoms with van der Waals surface area (Å²) in [6, 6.07) is 16.6. The molecule has 0 spiro atoms. The van der Waals surface area contributed by atoms with Gasteiger partial charge in [-0.15, -0.1) is 0 Å². The molecule has 4 atom stereocenters. The number of carbonyl (C=O) groups is 5. The van der Waals surface area contributed by atoms with Crippen LogP contribution in [-0.2, 0) is 37.4 Å². The Kier molecular flexibility index (Phi) is 17.4. The third kappa shape index (κ3) is 12.4. The van der Waals surface area contributed by atoms with Crippen LogP contribution in [0.4, 0.5) is 5.69 Å². The normalized spacial score (nSPS) is 16.6. The first kappa shape index (κ1) is 50.9. The number of anilines is 1. The minimum absolute atomic E-state index is 0.00229. The lowest BCUT2D eigenvalue weighted by atomic mass is 9.86. The second-order valence-electron chi connectivity index (χ2n) is 17.3. The predicted octanol–water partition coefficient (Wildman–Crippen LogP) is 2.36. The number of hydrogen-bond donors (Lipinski definition) is 8. The summed E-state index contributed by atoms with van der Waals surface area (Å²) in [4.78, 5) is 76.7. The van der Waals surface area contributed by atoms with Crippen molar-refractivity contribution in [3.05, 3.63) is 94.7 Å². The van der Waals surface area contributed by atoms with E-state index in [1.54, 1.807) is 42.5 Å². The number of nitrogens with zero attached hydrogens (tertiary/aromatic N) is 3. The number of amides is 5. The first-order chi connectivity index (χ1) is 31.9. The van der Waals surface area contributed by atoms with Crippen LogP contribution in [0.2, 0.25) is 0 Å². The number of nitrogens with one attached hydrogen (secondary N) is 4. The molecular formula is C49H63N11O7. The largest absolute Gasteiger partial charge is 0.492 e. The Morgan fingerprint density at radius 3 is 2.15 bits per heavy atom. The van der Waals surface area contributed by atoms with Crippen molar-refractivity contribution < 1.29 is 33.4 Å². The number of likely N-dealkylation sites (N-methyl/N-ethyl adjacent to an activating group) is 1. The van der Waals surface area contributed by atoms with Gasteiger partial charge in [0.1, 0.15) is 55.4 Å². The number of hydrogen-bond acceptors (Lipinski definition) is 13. The van der Waals surface area contributed by atoms with Gasteiger partial charge in [-0.3, -0.25) is 29.0 Å². The van der Waals surface area contributed by atoms with Crippen molar-refractivity contribution in [2.24, 2.45) is 17.2 Å². The molecular weight excluding hydrogens is 855 g/mol. The fraction of sp³-hybridized carbons (Fsp3) is 0.408. The molecule has 4 bridgehead atoms. The number of nitrogens with two attached hydrogens (primary N) is 4. The summed E-state index contributed by atoms with van der Waals surface area (Å²) < 4.78 is 12.2. The number of carbonyl (C=O) groups excluding carboxylic acids is 5. The van der Waals surface area contributed by atoms with Gasteiger partial charge in [-0.05, 0) is 78.7 Å². The number of benzene rings is 3. The lowest BCUT2D eigenvalue weighted by molar-refractivity contribution is -0.141. The van der Waals surface area contributed by atoms with Gasteiger partial charge < -0.3 is 58.6 Å². The number of nitriles is 1. The smallest absolute Gasteiger partial charge is 0.255 e. The quantitative estimate of drug-likeness (QED) is 0.0750. The minimum Gasteiger partial charge on any atom is -0.492 e. The lowest BCUT2D eigenvalue weighted by Gasteiger charge is -2.32. The highest BCUT2D eigenvalue weighted by atomic mass is 16.5. The van der Waals surface area contributed by atoms with Crippen LogP contribution in [0.3, 0.4) is 0 Å². The van der Waals surface area contributed by atoms with Crippen molar-refractivity contribution in [1.29, 1.82) is 5.26 Å². The van der Waals surface area contributed by atoms with E-state index in [1.165, 1.54) is 18.9 Å². The zero-order valence-electron chi connectivity index (χ0n) is 39.0. The first-order valence-electron chi connectivity index (χ1n) is 22.3. The third-order valence-electron chi connectivity index (χ3n) is 11.3. The molecule has 18 heteroatoms. The average Bonchev–Trinajstić information content (AvgIpc) is 3.30. The van der Waals surface area contributed by atoms with Crippen LogP contribution < -0.4 is 53.7 Å². The van der Waals surface area contributed by atoms with E-state index >= 15 is 0 Å². The second kappa shape index (κ2) is 22.9. The van der Waals surface area contributed by atoms with Crippen LogP contribution in [0.25, 0.3) is 22.4 Å². The molecule has 2 heterocycles. The van der Waals surface area contributed by atoms with Crippen molar-refractivity contribution in [3.8, 4) is 40.0 Å². The molecule has 18 nitrogen and oxygen atoms in total. The Morgan fingerprint density at radius 2 is 1.55 bits per heavy atom. The highest BCUT2D eigenvalue weighted by Crippen LogP contribution is 2.40. The van der Waals surface area contributed by atoms with E-state index in [4.69, 9.17) is 37.4 Å². The van der Waals surface area contributed by atoms with Crippen LogP contribution >= 0.6 is 0 Å². The maximum atomic E-state index is 14.8. The average molecular weight is 918 g/mol. The van der Waals surface area contributed by atoms with E-state index in [1.807, 2.05) is 37.3 Å². The topological polar surface area (TPSA) is 296 Å². The fourth-order valence-electron chi connectivity index (χ4n) is 7.79. The van der Waals surface area contributed by atoms with E-state index in [0.29, 0.717) is 51.6 Å². The van der Waals surface area contributed by atoms with E-state index in [-0.39, 0.29) is 68.9 Å². The molecule has 0 fully saturated rings. The van der Waals surface area contributed by atoms with Crippen molar-refractivity contribution >= 4 is 35.2 Å². The van der Waals surface area contributed by atoms with Gasteiger partial charge in [0.25, 0.3) is 5.91 Å². The number of pyridine rings is 1. The Labute approximate surface area is 391 Å². The van der Waals surface area contributed by atoms with Crippen molar-refractivity contribution in [3.63, 3.8) is 0 Å². The third-order valence-corrected chi connectivity index (χ3v) is 11.3. The summed E-state index contributed by atoms with van der Waals surface area (Å²) in [5.41, 5.74) is 29.4. The zero-order chi connectivity index (χ0) is 49.0. The van der Waals surface area contributed by atoms with Crippen LogP contribution in [-0.4, -0.2) is 104 Å². The van der Waals surface area contributed by atoms with Crippen LogP contribution in [0.1, 0.15) is 79.8 Å². The first-order valence-corrected chi connectivity index (χ1v) is 22.3. The molecule has 0 saturated carbocycles. The van der Waals surface area contributed by atoms with Crippen LogP contribution in [0, 0.1) is 11.3 Å². The van der Waals surface area contributed by atoms with Gasteiger partial charge >= 0.3 is 0 Å². The number of rotatable bonds is 16. The molecule has 0 unspecified atom stereocenters. The molecule has 0 radical (unpaired) electrons. The highest BCUT2D eigenvalue weighted by molar-refractivity contribution is 6.03. The number of nitrogen functional groups attached to an aromatic ring is 1. The molecule has 67 heavy (non-hydrogen) atoms. The zero-order valence-corrected chi connectivity index (χ0v) is 39.0. The molecule has 1 aliphatic heterocycles. The Balaban J connectivity index is 1.58. The maximum absolute atomic E-state index is 14.8. The summed E-state index contributed by atoms with van der Waals surface area (Å²) >= 11 is 0. The highest BCUT2D eigenvalue weighted by Gasteiger charge is 2.36. The molecule has 0 saturated heterocycles. The van der Waals surface area contributed by atoms with Gasteiger partial charge in [0.15, 0.2) is 0 Å². The van der Waals surface area contributed by atoms with Crippen molar-refractivity contribution in [2.75, 3.05) is 52.2 Å². The number of aryl methyl sites for hydroxylation is 1. The van der Waals surface area contributed by atoms with E-state index < -0.39 is 53.7 Å². The fourth-order valence-corrected chi connectivity index (χ4v) is 7.79. The summed E-state index contributed by atoms with van der Waals surface area (Å²) in [6.45, 7) is 10.00. The van der Waals surface area contributed by atoms with Gasteiger partial charge in [0, 0.05) is 48.9 Å². The number of aromatic nitrogens is 1. The molecule has 5 amide bonds. The summed E-state index contributed by atoms with van der Waals surface area (Å²) in [6.07, 6.45) is 0.332. The monoisotopic (exact) mass is 917 g/mol. The van der Waals surface area contributed by atoms with Crippen LogP contribution in [0.5, 0.6) is 11.5 Å². The van der Waals surface area contributed by atoms with Crippen molar-refractivity contribution in [1.82, 2.24) is 31.2 Å². The Morgan fingerprint density at radius 1 is 0.910 bits per heavy atom. The van der Waals surface area contributed by atoms with E-state index in [2.05, 4.69) is 42.0 Å². The van der Waals surface area contributed by atoms with Crippen molar-refractivity contribution in [2.45, 2.75) is 83.5 Å². The summed E-state index contributed by atoms with van der Waals surface area (Å²) in [5, 5.41) is 19.9. The summed E-state index contributed by atoms with van der Waals surface area (Å²) in [7, 11) is 1.41. The second-order valence-corrected chi connectivity index (χ2v) is 17.3. The van der Waals surface area contributed by atoms with E-state index in [0.717, 1.165) is 11.1 Å². The molecule has 0 aliphatic carbocycles. The standard InChI is InChI=1S/C49H63N11O7/c1-7-36-42(35(54)27-38(57-36)30-9-12-32(13-10-30)49(3,4)5)46(63)58-37(16-17-50)48(65)60(6)43-31-11-15-41(67-23-20-53)34(26-31)33-24-29(8-14-40(33)66-22-19-52)25-39(45(62)55-21-18-51)59-44(61)28(2)56-47(43)64/h8-15,24,26-28,37,39,43H,7,16-17,19-23,25,50,52-53H2,1-6H3,(H2,54,57)(H,55,62)(H,56,64)(H,58,63)(H,59,61)/t28-,37-,39-,43-/m0/s1. The molecule has 3 aromatic carbocycles. The van der Waals surface area contributed by atoms with Gasteiger partial charge in [0.2, 0.25) is 23.6 Å².